The predicted molar refractivity (Wildman–Crippen MR) is 66.3 cm³/mol. The van der Waals surface area contributed by atoms with Gasteiger partial charge in [-0.3, -0.25) is 0 Å². The Labute approximate surface area is 95.9 Å². The lowest BCUT2D eigenvalue weighted by Gasteiger charge is -2.11. The zero-order valence-corrected chi connectivity index (χ0v) is 9.19. The summed E-state index contributed by atoms with van der Waals surface area (Å²) in [4.78, 5) is 0. The van der Waals surface area contributed by atoms with Crippen LogP contribution in [-0.4, -0.2) is 0 Å². The van der Waals surface area contributed by atoms with Crippen molar-refractivity contribution in [3.05, 3.63) is 70.8 Å². The zero-order valence-electron chi connectivity index (χ0n) is 9.19. The average Bonchev–Trinajstić information content (AvgIpc) is 2.45. The van der Waals surface area contributed by atoms with Crippen molar-refractivity contribution in [1.82, 2.24) is 0 Å². The van der Waals surface area contributed by atoms with Crippen LogP contribution in [0.15, 0.2) is 48.5 Å². The Kier molecular flexibility index (Phi) is 2.26. The van der Waals surface area contributed by atoms with E-state index in [4.69, 9.17) is 5.73 Å². The maximum absolute atomic E-state index is 6.26. The molecule has 1 nitrogen and oxygen atoms in total. The van der Waals surface area contributed by atoms with Gasteiger partial charge in [0.25, 0.3) is 0 Å². The molecule has 0 aromatic heterocycles. The summed E-state index contributed by atoms with van der Waals surface area (Å²) < 4.78 is 0. The van der Waals surface area contributed by atoms with Gasteiger partial charge in [0.05, 0.1) is 0 Å². The average molecular weight is 209 g/mol. The SMILES string of the molecule is NC1Cc2ccccc2Cc2ccccc21. The highest BCUT2D eigenvalue weighted by molar-refractivity contribution is 5.41. The van der Waals surface area contributed by atoms with Crippen LogP contribution in [0.5, 0.6) is 0 Å². The molecule has 2 aromatic rings. The van der Waals surface area contributed by atoms with Crippen LogP contribution >= 0.6 is 0 Å². The molecule has 2 N–H and O–H groups in total. The minimum atomic E-state index is 0.139. The summed E-state index contributed by atoms with van der Waals surface area (Å²) in [6.07, 6.45) is 1.97. The Morgan fingerprint density at radius 3 is 2.25 bits per heavy atom. The van der Waals surface area contributed by atoms with Gasteiger partial charge in [-0.15, -0.1) is 0 Å². The Bertz CT molecular complexity index is 516. The molecule has 1 aliphatic carbocycles. The third kappa shape index (κ3) is 1.54. The molecule has 0 saturated carbocycles. The molecule has 0 aliphatic heterocycles. The summed E-state index contributed by atoms with van der Waals surface area (Å²) in [5.41, 5.74) is 11.8. The lowest BCUT2D eigenvalue weighted by Crippen LogP contribution is -2.13. The number of benzene rings is 2. The molecule has 1 unspecified atom stereocenters. The van der Waals surface area contributed by atoms with Gasteiger partial charge in [0.1, 0.15) is 0 Å². The predicted octanol–water partition coefficient (Wildman–Crippen LogP) is 2.83. The molecule has 0 heterocycles. The van der Waals surface area contributed by atoms with Crippen LogP contribution in [-0.2, 0) is 12.8 Å². The summed E-state index contributed by atoms with van der Waals surface area (Å²) in [7, 11) is 0. The minimum absolute atomic E-state index is 0.139. The molecule has 0 spiro atoms. The molecular weight excluding hydrogens is 194 g/mol. The summed E-state index contributed by atoms with van der Waals surface area (Å²) in [5.74, 6) is 0. The van der Waals surface area contributed by atoms with Crippen molar-refractivity contribution >= 4 is 0 Å². The van der Waals surface area contributed by atoms with Gasteiger partial charge in [0, 0.05) is 6.04 Å². The fraction of sp³-hybridized carbons (Fsp3) is 0.200. The van der Waals surface area contributed by atoms with E-state index >= 15 is 0 Å². The first-order valence-electron chi connectivity index (χ1n) is 5.75. The van der Waals surface area contributed by atoms with Gasteiger partial charge < -0.3 is 5.73 Å². The number of nitrogens with two attached hydrogens (primary N) is 1. The third-order valence-electron chi connectivity index (χ3n) is 3.39. The molecule has 0 amide bonds. The maximum atomic E-state index is 6.26. The number of hydrogen-bond acceptors (Lipinski definition) is 1. The van der Waals surface area contributed by atoms with Gasteiger partial charge in [-0.2, -0.15) is 0 Å². The van der Waals surface area contributed by atoms with Crippen molar-refractivity contribution in [2.24, 2.45) is 5.73 Å². The Morgan fingerprint density at radius 1 is 0.812 bits per heavy atom. The first kappa shape index (κ1) is 9.61. The topological polar surface area (TPSA) is 26.0 Å². The van der Waals surface area contributed by atoms with E-state index in [9.17, 15) is 0 Å². The van der Waals surface area contributed by atoms with Crippen molar-refractivity contribution in [2.75, 3.05) is 0 Å². The quantitative estimate of drug-likeness (QED) is 0.709. The highest BCUT2D eigenvalue weighted by atomic mass is 14.6. The van der Waals surface area contributed by atoms with Crippen molar-refractivity contribution in [1.29, 1.82) is 0 Å². The Hall–Kier alpha value is -1.60. The van der Waals surface area contributed by atoms with Crippen LogP contribution in [0, 0.1) is 0 Å². The zero-order chi connectivity index (χ0) is 11.0. The summed E-state index contributed by atoms with van der Waals surface area (Å²) in [6.45, 7) is 0. The molecule has 1 aliphatic rings. The van der Waals surface area contributed by atoms with Gasteiger partial charge in [-0.05, 0) is 35.1 Å². The Balaban J connectivity index is 2.15. The second-order valence-electron chi connectivity index (χ2n) is 4.45. The molecule has 80 valence electrons. The van der Waals surface area contributed by atoms with Gasteiger partial charge >= 0.3 is 0 Å². The number of rotatable bonds is 0. The van der Waals surface area contributed by atoms with Crippen LogP contribution in [0.2, 0.25) is 0 Å². The number of hydrogen-bond donors (Lipinski definition) is 1. The molecule has 1 heteroatoms. The van der Waals surface area contributed by atoms with E-state index in [1.165, 1.54) is 22.3 Å². The molecule has 16 heavy (non-hydrogen) atoms. The fourth-order valence-electron chi connectivity index (χ4n) is 2.54. The fourth-order valence-corrected chi connectivity index (χ4v) is 2.54. The first-order valence-corrected chi connectivity index (χ1v) is 5.75. The second kappa shape index (κ2) is 3.76. The highest BCUT2D eigenvalue weighted by Crippen LogP contribution is 2.28. The van der Waals surface area contributed by atoms with Crippen molar-refractivity contribution in [2.45, 2.75) is 18.9 Å². The van der Waals surface area contributed by atoms with Crippen LogP contribution in [0.4, 0.5) is 0 Å². The molecule has 1 atom stereocenters. The van der Waals surface area contributed by atoms with Crippen molar-refractivity contribution in [3.63, 3.8) is 0 Å². The maximum Gasteiger partial charge on any atom is 0.0338 e. The molecular formula is C15H15N. The van der Waals surface area contributed by atoms with Crippen LogP contribution in [0.25, 0.3) is 0 Å². The monoisotopic (exact) mass is 209 g/mol. The smallest absolute Gasteiger partial charge is 0.0338 e. The second-order valence-corrected chi connectivity index (χ2v) is 4.45. The molecule has 0 fully saturated rings. The van der Waals surface area contributed by atoms with Gasteiger partial charge in [0.15, 0.2) is 0 Å². The van der Waals surface area contributed by atoms with E-state index in [2.05, 4.69) is 48.5 Å². The standard InChI is InChI=1S/C15H15N/c16-15-10-12-6-2-1-5-11(12)9-13-7-3-4-8-14(13)15/h1-8,15H,9-10,16H2. The normalized spacial score (nSPS) is 18.4. The van der Waals surface area contributed by atoms with E-state index in [-0.39, 0.29) is 6.04 Å². The van der Waals surface area contributed by atoms with E-state index in [1.807, 2.05) is 0 Å². The van der Waals surface area contributed by atoms with E-state index in [1.54, 1.807) is 0 Å². The summed E-state index contributed by atoms with van der Waals surface area (Å²) in [5, 5.41) is 0. The lowest BCUT2D eigenvalue weighted by atomic mass is 9.99. The molecule has 0 bridgehead atoms. The molecule has 3 rings (SSSR count). The van der Waals surface area contributed by atoms with E-state index in [0.29, 0.717) is 0 Å². The van der Waals surface area contributed by atoms with Crippen LogP contribution in [0.3, 0.4) is 0 Å². The van der Waals surface area contributed by atoms with Gasteiger partial charge in [-0.25, -0.2) is 0 Å². The van der Waals surface area contributed by atoms with Crippen molar-refractivity contribution in [3.8, 4) is 0 Å². The largest absolute Gasteiger partial charge is 0.324 e. The van der Waals surface area contributed by atoms with E-state index in [0.717, 1.165) is 12.8 Å². The van der Waals surface area contributed by atoms with Crippen LogP contribution in [0.1, 0.15) is 28.3 Å². The molecule has 0 radical (unpaired) electrons. The lowest BCUT2D eigenvalue weighted by molar-refractivity contribution is 0.724. The third-order valence-corrected chi connectivity index (χ3v) is 3.39. The highest BCUT2D eigenvalue weighted by Gasteiger charge is 2.17. The van der Waals surface area contributed by atoms with Gasteiger partial charge in [-0.1, -0.05) is 48.5 Å². The minimum Gasteiger partial charge on any atom is -0.324 e. The van der Waals surface area contributed by atoms with E-state index < -0.39 is 0 Å². The molecule has 0 saturated heterocycles. The van der Waals surface area contributed by atoms with Gasteiger partial charge in [0.2, 0.25) is 0 Å². The first-order chi connectivity index (χ1) is 7.84. The summed E-state index contributed by atoms with van der Waals surface area (Å²) in [6, 6.07) is 17.3. The number of fused-ring (bicyclic) bond motifs is 2. The van der Waals surface area contributed by atoms with Crippen LogP contribution < -0.4 is 5.73 Å². The van der Waals surface area contributed by atoms with Crippen molar-refractivity contribution < 1.29 is 0 Å². The Morgan fingerprint density at radius 2 is 1.44 bits per heavy atom. The molecule has 2 aromatic carbocycles. The summed E-state index contributed by atoms with van der Waals surface area (Å²) >= 11 is 0.